The summed E-state index contributed by atoms with van der Waals surface area (Å²) in [5.41, 5.74) is 0.921. The van der Waals surface area contributed by atoms with E-state index in [0.717, 1.165) is 63.4 Å². The van der Waals surface area contributed by atoms with E-state index in [4.69, 9.17) is 4.52 Å². The molecule has 1 aromatic heterocycles. The summed E-state index contributed by atoms with van der Waals surface area (Å²) in [6.07, 6.45) is 7.29. The first-order valence-electron chi connectivity index (χ1n) is 7.81. The van der Waals surface area contributed by atoms with Gasteiger partial charge in [-0.1, -0.05) is 17.3 Å². The Kier molecular flexibility index (Phi) is 4.39. The van der Waals surface area contributed by atoms with Crippen LogP contribution in [0.1, 0.15) is 30.7 Å². The van der Waals surface area contributed by atoms with Crippen LogP contribution in [0, 0.1) is 12.8 Å². The Morgan fingerprint density at radius 3 is 2.76 bits per heavy atom. The molecule has 5 nitrogen and oxygen atoms in total. The molecule has 1 fully saturated rings. The molecule has 21 heavy (non-hydrogen) atoms. The van der Waals surface area contributed by atoms with Crippen molar-refractivity contribution in [3.63, 3.8) is 0 Å². The summed E-state index contributed by atoms with van der Waals surface area (Å²) in [5, 5.41) is 3.91. The van der Waals surface area contributed by atoms with Crippen LogP contribution in [-0.2, 0) is 11.3 Å². The topological polar surface area (TPSA) is 49.6 Å². The molecular formula is C16H23N3O2. The van der Waals surface area contributed by atoms with E-state index in [0.29, 0.717) is 5.91 Å². The van der Waals surface area contributed by atoms with Gasteiger partial charge >= 0.3 is 0 Å². The van der Waals surface area contributed by atoms with Gasteiger partial charge in [-0.2, -0.15) is 0 Å². The zero-order valence-corrected chi connectivity index (χ0v) is 12.6. The first-order chi connectivity index (χ1) is 10.2. The average molecular weight is 289 g/mol. The first kappa shape index (κ1) is 14.3. The number of hydrogen-bond acceptors (Lipinski definition) is 4. The van der Waals surface area contributed by atoms with Crippen LogP contribution in [0.2, 0.25) is 0 Å². The van der Waals surface area contributed by atoms with E-state index < -0.39 is 0 Å². The van der Waals surface area contributed by atoms with Gasteiger partial charge in [0.05, 0.1) is 12.2 Å². The fourth-order valence-corrected chi connectivity index (χ4v) is 3.11. The third kappa shape index (κ3) is 3.53. The number of nitrogens with zero attached hydrogens (tertiary/aromatic N) is 3. The molecule has 0 aromatic carbocycles. The van der Waals surface area contributed by atoms with Gasteiger partial charge in [0.2, 0.25) is 5.91 Å². The SMILES string of the molecule is Cc1cc(CN2CCN(C(=O)C3CC=CCC3)CC2)on1. The first-order valence-corrected chi connectivity index (χ1v) is 7.81. The van der Waals surface area contributed by atoms with Gasteiger partial charge in [-0.25, -0.2) is 0 Å². The fourth-order valence-electron chi connectivity index (χ4n) is 3.11. The van der Waals surface area contributed by atoms with Crippen molar-refractivity contribution in [3.8, 4) is 0 Å². The Labute approximate surface area is 125 Å². The maximum atomic E-state index is 12.5. The molecule has 3 rings (SSSR count). The van der Waals surface area contributed by atoms with E-state index in [1.807, 2.05) is 17.9 Å². The van der Waals surface area contributed by atoms with Crippen LogP contribution < -0.4 is 0 Å². The van der Waals surface area contributed by atoms with Crippen LogP contribution in [0.25, 0.3) is 0 Å². The number of allylic oxidation sites excluding steroid dienone is 2. The standard InChI is InChI=1S/C16H23N3O2/c1-13-11-15(21-17-13)12-18-7-9-19(10-8-18)16(20)14-5-3-2-4-6-14/h2-3,11,14H,4-10,12H2,1H3. The summed E-state index contributed by atoms with van der Waals surface area (Å²) < 4.78 is 5.26. The lowest BCUT2D eigenvalue weighted by Gasteiger charge is -2.36. The summed E-state index contributed by atoms with van der Waals surface area (Å²) in [5.74, 6) is 1.46. The molecule has 0 spiro atoms. The summed E-state index contributed by atoms with van der Waals surface area (Å²) >= 11 is 0. The van der Waals surface area contributed by atoms with Crippen molar-refractivity contribution in [1.29, 1.82) is 0 Å². The zero-order chi connectivity index (χ0) is 14.7. The molecule has 1 aromatic rings. The minimum atomic E-state index is 0.207. The van der Waals surface area contributed by atoms with E-state index in [1.165, 1.54) is 0 Å². The molecule has 1 unspecified atom stereocenters. The molecule has 2 aliphatic rings. The maximum Gasteiger partial charge on any atom is 0.226 e. The second kappa shape index (κ2) is 6.43. The Bertz CT molecular complexity index is 515. The zero-order valence-electron chi connectivity index (χ0n) is 12.6. The predicted octanol–water partition coefficient (Wildman–Crippen LogP) is 1.98. The molecule has 0 N–H and O–H groups in total. The smallest absolute Gasteiger partial charge is 0.226 e. The molecule has 5 heteroatoms. The van der Waals surface area contributed by atoms with E-state index in [2.05, 4.69) is 22.2 Å². The molecule has 1 aliphatic heterocycles. The van der Waals surface area contributed by atoms with Crippen LogP contribution in [0.3, 0.4) is 0 Å². The number of rotatable bonds is 3. The Morgan fingerprint density at radius 1 is 1.33 bits per heavy atom. The number of carbonyl (C=O) groups is 1. The van der Waals surface area contributed by atoms with Crippen molar-refractivity contribution >= 4 is 5.91 Å². The van der Waals surface area contributed by atoms with Gasteiger partial charge in [-0.05, 0) is 26.2 Å². The molecule has 0 bridgehead atoms. The van der Waals surface area contributed by atoms with E-state index in [1.54, 1.807) is 0 Å². The van der Waals surface area contributed by atoms with Crippen molar-refractivity contribution in [2.24, 2.45) is 5.92 Å². The number of amides is 1. The minimum absolute atomic E-state index is 0.207. The minimum Gasteiger partial charge on any atom is -0.360 e. The summed E-state index contributed by atoms with van der Waals surface area (Å²) in [7, 11) is 0. The molecule has 2 heterocycles. The molecule has 0 saturated carbocycles. The molecule has 1 atom stereocenters. The van der Waals surface area contributed by atoms with Crippen LogP contribution in [-0.4, -0.2) is 47.0 Å². The second-order valence-electron chi connectivity index (χ2n) is 6.02. The Morgan fingerprint density at radius 2 is 2.14 bits per heavy atom. The van der Waals surface area contributed by atoms with Crippen molar-refractivity contribution in [2.45, 2.75) is 32.7 Å². The van der Waals surface area contributed by atoms with Crippen LogP contribution in [0.4, 0.5) is 0 Å². The van der Waals surface area contributed by atoms with Gasteiger partial charge in [0, 0.05) is 38.2 Å². The number of aromatic nitrogens is 1. The van der Waals surface area contributed by atoms with Gasteiger partial charge in [0.25, 0.3) is 0 Å². The van der Waals surface area contributed by atoms with Crippen LogP contribution in [0.15, 0.2) is 22.7 Å². The third-order valence-electron chi connectivity index (χ3n) is 4.36. The van der Waals surface area contributed by atoms with Crippen molar-refractivity contribution in [2.75, 3.05) is 26.2 Å². The molecule has 1 amide bonds. The van der Waals surface area contributed by atoms with Crippen LogP contribution in [0.5, 0.6) is 0 Å². The van der Waals surface area contributed by atoms with Crippen LogP contribution >= 0.6 is 0 Å². The average Bonchev–Trinajstić information content (AvgIpc) is 2.93. The van der Waals surface area contributed by atoms with Gasteiger partial charge in [0.15, 0.2) is 5.76 Å². The molecule has 1 aliphatic carbocycles. The highest BCUT2D eigenvalue weighted by Crippen LogP contribution is 2.21. The number of aryl methyl sites for hydroxylation is 1. The fraction of sp³-hybridized carbons (Fsp3) is 0.625. The lowest BCUT2D eigenvalue weighted by Crippen LogP contribution is -2.50. The van der Waals surface area contributed by atoms with Gasteiger partial charge in [-0.15, -0.1) is 0 Å². The highest BCUT2D eigenvalue weighted by Gasteiger charge is 2.27. The second-order valence-corrected chi connectivity index (χ2v) is 6.02. The van der Waals surface area contributed by atoms with Crippen molar-refractivity contribution in [3.05, 3.63) is 29.7 Å². The lowest BCUT2D eigenvalue weighted by molar-refractivity contribution is -0.137. The highest BCUT2D eigenvalue weighted by atomic mass is 16.5. The summed E-state index contributed by atoms with van der Waals surface area (Å²) in [4.78, 5) is 16.8. The molecule has 0 radical (unpaired) electrons. The number of carbonyl (C=O) groups excluding carboxylic acids is 1. The van der Waals surface area contributed by atoms with E-state index in [-0.39, 0.29) is 5.92 Å². The van der Waals surface area contributed by atoms with Crippen molar-refractivity contribution in [1.82, 2.24) is 15.0 Å². The number of piperazine rings is 1. The Balaban J connectivity index is 1.48. The van der Waals surface area contributed by atoms with Gasteiger partial charge in [-0.3, -0.25) is 9.69 Å². The largest absolute Gasteiger partial charge is 0.360 e. The number of hydrogen-bond donors (Lipinski definition) is 0. The van der Waals surface area contributed by atoms with Crippen molar-refractivity contribution < 1.29 is 9.32 Å². The Hall–Kier alpha value is -1.62. The quantitative estimate of drug-likeness (QED) is 0.798. The lowest BCUT2D eigenvalue weighted by atomic mass is 9.93. The molecule has 114 valence electrons. The van der Waals surface area contributed by atoms with Gasteiger partial charge in [0.1, 0.15) is 0 Å². The maximum absolute atomic E-state index is 12.5. The summed E-state index contributed by atoms with van der Waals surface area (Å²) in [6.45, 7) is 6.19. The monoisotopic (exact) mass is 289 g/mol. The molecule has 1 saturated heterocycles. The predicted molar refractivity (Wildman–Crippen MR) is 79.6 cm³/mol. The van der Waals surface area contributed by atoms with Gasteiger partial charge < -0.3 is 9.42 Å². The van der Waals surface area contributed by atoms with E-state index >= 15 is 0 Å². The summed E-state index contributed by atoms with van der Waals surface area (Å²) in [6, 6.07) is 1.98. The third-order valence-corrected chi connectivity index (χ3v) is 4.36. The van der Waals surface area contributed by atoms with E-state index in [9.17, 15) is 4.79 Å². The highest BCUT2D eigenvalue weighted by molar-refractivity contribution is 5.79. The molecular weight excluding hydrogens is 266 g/mol. The normalized spacial score (nSPS) is 23.5.